The Morgan fingerprint density at radius 1 is 1.36 bits per heavy atom. The summed E-state index contributed by atoms with van der Waals surface area (Å²) in [6, 6.07) is 5.11. The van der Waals surface area contributed by atoms with Crippen molar-refractivity contribution in [2.75, 3.05) is 11.9 Å². The fraction of sp³-hybridized carbons (Fsp3) is 0.350. The molecule has 4 rings (SSSR count). The maximum atomic E-state index is 13.3. The van der Waals surface area contributed by atoms with E-state index in [1.54, 1.807) is 18.2 Å². The van der Waals surface area contributed by atoms with Gasteiger partial charge in [-0.15, -0.1) is 22.7 Å². The molecule has 4 N–H and O–H groups in total. The molecular weight excluding hydrogens is 527 g/mol. The number of nitrogens with zero attached hydrogens (tertiary/aromatic N) is 2. The van der Waals surface area contributed by atoms with Crippen molar-refractivity contribution < 1.29 is 18.3 Å². The van der Waals surface area contributed by atoms with Gasteiger partial charge in [-0.3, -0.25) is 8.98 Å². The molecule has 176 valence electrons. The monoisotopic (exact) mass is 546 g/mol. The molecule has 1 aliphatic rings. The van der Waals surface area contributed by atoms with Gasteiger partial charge in [0.05, 0.1) is 25.7 Å². The Labute approximate surface area is 210 Å². The molecule has 3 heterocycles. The summed E-state index contributed by atoms with van der Waals surface area (Å²) in [7, 11) is 0. The van der Waals surface area contributed by atoms with Crippen LogP contribution in [0.3, 0.4) is 0 Å². The summed E-state index contributed by atoms with van der Waals surface area (Å²) in [5.41, 5.74) is 0.768. The summed E-state index contributed by atoms with van der Waals surface area (Å²) in [5.74, 6) is 0.367. The van der Waals surface area contributed by atoms with E-state index in [1.165, 1.54) is 23.9 Å². The van der Waals surface area contributed by atoms with Crippen molar-refractivity contribution in [3.05, 3.63) is 60.3 Å². The van der Waals surface area contributed by atoms with Crippen LogP contribution in [0.15, 0.2) is 30.7 Å². The second-order valence-electron chi connectivity index (χ2n) is 7.56. The van der Waals surface area contributed by atoms with Gasteiger partial charge in [0.1, 0.15) is 18.2 Å². The molecule has 0 amide bonds. The first-order valence-electron chi connectivity index (χ1n) is 9.95. The molecule has 13 heteroatoms. The summed E-state index contributed by atoms with van der Waals surface area (Å²) >= 11 is 12.9. The Hall–Kier alpha value is -1.44. The van der Waals surface area contributed by atoms with Gasteiger partial charge in [-0.2, -0.15) is 0 Å². The van der Waals surface area contributed by atoms with E-state index in [9.17, 15) is 14.1 Å². The van der Waals surface area contributed by atoms with Crippen molar-refractivity contribution in [2.45, 2.75) is 31.4 Å². The van der Waals surface area contributed by atoms with Crippen molar-refractivity contribution in [3.8, 4) is 0 Å². The summed E-state index contributed by atoms with van der Waals surface area (Å²) in [6.45, 7) is 0.325. The Bertz CT molecular complexity index is 1170. The normalized spacial score (nSPS) is 20.0. The number of thiophene rings is 2. The molecule has 1 aliphatic carbocycles. The topological polar surface area (TPSA) is 127 Å². The highest BCUT2D eigenvalue weighted by Gasteiger charge is 2.28. The molecule has 4 unspecified atom stereocenters. The van der Waals surface area contributed by atoms with Gasteiger partial charge in [0.25, 0.3) is 0 Å². The van der Waals surface area contributed by atoms with Gasteiger partial charge in [0.2, 0.25) is 17.0 Å². The van der Waals surface area contributed by atoms with E-state index in [2.05, 4.69) is 15.3 Å². The standard InChI is InChI=1S/C20H20Cl2N4O4S3/c21-16-4-3-14(31-16)17(27)12-6-15(32-19(12)22)18(28)13-7-24-9-25-20(13)26-11-2-1-10(5-11)8-30-33(23)29/h3-4,6-7,9-11,17,27H,1-2,5,8,23H2,(H,24,25,26). The van der Waals surface area contributed by atoms with Crippen molar-refractivity contribution >= 4 is 68.7 Å². The maximum absolute atomic E-state index is 13.3. The van der Waals surface area contributed by atoms with Crippen LogP contribution in [-0.2, 0) is 15.4 Å². The van der Waals surface area contributed by atoms with E-state index in [0.29, 0.717) is 42.0 Å². The van der Waals surface area contributed by atoms with Gasteiger partial charge in [0, 0.05) is 22.7 Å². The predicted molar refractivity (Wildman–Crippen MR) is 131 cm³/mol. The van der Waals surface area contributed by atoms with Gasteiger partial charge in [-0.1, -0.05) is 23.2 Å². The Morgan fingerprint density at radius 3 is 2.91 bits per heavy atom. The number of aliphatic hydroxyl groups is 1. The quantitative estimate of drug-likeness (QED) is 0.340. The number of aromatic nitrogens is 2. The number of carbonyl (C=O) groups is 1. The number of ketones is 1. The third-order valence-corrected chi connectivity index (χ3v) is 8.39. The number of nitrogens with one attached hydrogen (secondary N) is 1. The third kappa shape index (κ3) is 5.98. The second kappa shape index (κ2) is 10.9. The zero-order valence-corrected chi connectivity index (χ0v) is 21.0. The highest BCUT2D eigenvalue weighted by Crippen LogP contribution is 2.39. The van der Waals surface area contributed by atoms with Crippen LogP contribution < -0.4 is 10.5 Å². The molecule has 1 fully saturated rings. The van der Waals surface area contributed by atoms with Crippen LogP contribution in [0.5, 0.6) is 0 Å². The second-order valence-corrected chi connectivity index (χ2v) is 11.7. The van der Waals surface area contributed by atoms with E-state index in [-0.39, 0.29) is 17.7 Å². The lowest BCUT2D eigenvalue weighted by Crippen LogP contribution is -2.20. The zero-order valence-electron chi connectivity index (χ0n) is 17.1. The molecule has 3 aromatic rings. The molecule has 0 spiro atoms. The third-order valence-electron chi connectivity index (χ3n) is 5.35. The molecule has 0 aromatic carbocycles. The molecule has 3 aromatic heterocycles. The number of nitrogens with two attached hydrogens (primary N) is 1. The van der Waals surface area contributed by atoms with Crippen LogP contribution in [-0.4, -0.2) is 37.7 Å². The van der Waals surface area contributed by atoms with Crippen molar-refractivity contribution in [2.24, 2.45) is 11.1 Å². The number of aliphatic hydroxyl groups excluding tert-OH is 1. The number of rotatable bonds is 9. The molecular formula is C20H20Cl2N4O4S3. The lowest BCUT2D eigenvalue weighted by molar-refractivity contribution is 0.104. The van der Waals surface area contributed by atoms with Crippen molar-refractivity contribution in [1.82, 2.24) is 9.97 Å². The van der Waals surface area contributed by atoms with Crippen LogP contribution >= 0.6 is 45.9 Å². The average Bonchev–Trinajstić information content (AvgIpc) is 3.52. The highest BCUT2D eigenvalue weighted by molar-refractivity contribution is 7.77. The number of halogens is 2. The molecule has 8 nitrogen and oxygen atoms in total. The van der Waals surface area contributed by atoms with E-state index in [4.69, 9.17) is 32.5 Å². The lowest BCUT2D eigenvalue weighted by Gasteiger charge is -2.15. The summed E-state index contributed by atoms with van der Waals surface area (Å²) in [5, 5.41) is 19.2. The minimum Gasteiger partial charge on any atom is -0.383 e. The minimum atomic E-state index is -1.78. The number of carbonyl (C=O) groups excluding carboxylic acids is 1. The maximum Gasteiger partial charge on any atom is 0.231 e. The van der Waals surface area contributed by atoms with E-state index in [1.807, 2.05) is 0 Å². The lowest BCUT2D eigenvalue weighted by atomic mass is 10.1. The minimum absolute atomic E-state index is 0.0825. The predicted octanol–water partition coefficient (Wildman–Crippen LogP) is 4.35. The van der Waals surface area contributed by atoms with E-state index < -0.39 is 17.4 Å². The Kier molecular flexibility index (Phi) is 8.13. The molecule has 0 saturated heterocycles. The van der Waals surface area contributed by atoms with E-state index >= 15 is 0 Å². The number of hydrogen-bond acceptors (Lipinski definition) is 9. The first kappa shape index (κ1) is 24.7. The molecule has 0 bridgehead atoms. The summed E-state index contributed by atoms with van der Waals surface area (Å²) in [4.78, 5) is 22.6. The van der Waals surface area contributed by atoms with Gasteiger partial charge in [0.15, 0.2) is 0 Å². The summed E-state index contributed by atoms with van der Waals surface area (Å²) in [6.07, 6.45) is 4.39. The van der Waals surface area contributed by atoms with E-state index in [0.717, 1.165) is 30.6 Å². The van der Waals surface area contributed by atoms with Crippen LogP contribution in [0.2, 0.25) is 8.67 Å². The summed E-state index contributed by atoms with van der Waals surface area (Å²) < 4.78 is 16.8. The molecule has 0 radical (unpaired) electrons. The average molecular weight is 548 g/mol. The van der Waals surface area contributed by atoms with Gasteiger partial charge >= 0.3 is 0 Å². The largest absolute Gasteiger partial charge is 0.383 e. The molecule has 0 aliphatic heterocycles. The van der Waals surface area contributed by atoms with Gasteiger partial charge < -0.3 is 10.4 Å². The number of anilines is 1. The molecule has 1 saturated carbocycles. The van der Waals surface area contributed by atoms with Crippen LogP contribution in [0.1, 0.15) is 51.0 Å². The SMILES string of the molecule is NS(=O)OCC1CCC(Nc2ncncc2C(=O)c2cc(C(O)c3ccc(Cl)s3)c(Cl)s2)C1. The fourth-order valence-corrected chi connectivity index (χ4v) is 6.44. The van der Waals surface area contributed by atoms with Gasteiger partial charge in [-0.25, -0.2) is 19.3 Å². The molecule has 4 atom stereocenters. The van der Waals surface area contributed by atoms with Crippen LogP contribution in [0.4, 0.5) is 5.82 Å². The fourth-order valence-electron chi connectivity index (χ4n) is 3.77. The molecule has 33 heavy (non-hydrogen) atoms. The van der Waals surface area contributed by atoms with Crippen LogP contribution in [0.25, 0.3) is 0 Å². The Balaban J connectivity index is 1.49. The smallest absolute Gasteiger partial charge is 0.231 e. The Morgan fingerprint density at radius 2 is 2.18 bits per heavy atom. The number of hydrogen-bond donors (Lipinski definition) is 3. The first-order valence-corrected chi connectivity index (χ1v) is 13.5. The van der Waals surface area contributed by atoms with Crippen molar-refractivity contribution in [1.29, 1.82) is 0 Å². The first-order chi connectivity index (χ1) is 15.8. The van der Waals surface area contributed by atoms with Crippen molar-refractivity contribution in [3.63, 3.8) is 0 Å². The highest BCUT2D eigenvalue weighted by atomic mass is 35.5. The van der Waals surface area contributed by atoms with Crippen LogP contribution in [0, 0.1) is 5.92 Å². The zero-order chi connectivity index (χ0) is 23.5. The van der Waals surface area contributed by atoms with Gasteiger partial charge in [-0.05, 0) is 43.4 Å².